The van der Waals surface area contributed by atoms with Gasteiger partial charge >= 0.3 is 0 Å². The number of anilines is 1. The molecule has 1 aromatic carbocycles. The normalized spacial score (nSPS) is 10.6. The fraction of sp³-hybridized carbons (Fsp3) is 0.438. The monoisotopic (exact) mass is 274 g/mol. The Hall–Kier alpha value is -1.35. The molecular weight excluding hydrogens is 252 g/mol. The van der Waals surface area contributed by atoms with E-state index in [9.17, 15) is 0 Å². The van der Waals surface area contributed by atoms with Gasteiger partial charge in [-0.2, -0.15) is 0 Å². The Morgan fingerprint density at radius 1 is 1.05 bits per heavy atom. The Bertz CT molecular complexity index is 448. The lowest BCUT2D eigenvalue weighted by atomic mass is 10.1. The first-order valence-corrected chi connectivity index (χ1v) is 8.02. The van der Waals surface area contributed by atoms with Gasteiger partial charge < -0.3 is 5.32 Å². The molecule has 0 atom stereocenters. The van der Waals surface area contributed by atoms with E-state index in [0.29, 0.717) is 0 Å². The molecule has 2 nitrogen and oxygen atoms in total. The molecule has 1 N–H and O–H groups in total. The van der Waals surface area contributed by atoms with E-state index in [1.54, 1.807) is 11.3 Å². The van der Waals surface area contributed by atoms with Crippen molar-refractivity contribution < 1.29 is 0 Å². The fourth-order valence-corrected chi connectivity index (χ4v) is 2.70. The summed E-state index contributed by atoms with van der Waals surface area (Å²) in [6.45, 7) is 3.32. The Morgan fingerprint density at radius 3 is 2.53 bits per heavy atom. The third-order valence-corrected chi connectivity index (χ3v) is 4.00. The van der Waals surface area contributed by atoms with Crippen molar-refractivity contribution in [2.24, 2.45) is 0 Å². The van der Waals surface area contributed by atoms with Crippen LogP contribution in [-0.2, 0) is 0 Å². The maximum atomic E-state index is 4.32. The summed E-state index contributed by atoms with van der Waals surface area (Å²) in [5, 5.41) is 6.58. The molecule has 0 spiro atoms. The fourth-order valence-electron chi connectivity index (χ4n) is 2.06. The van der Waals surface area contributed by atoms with Gasteiger partial charge in [-0.25, -0.2) is 4.98 Å². The minimum atomic E-state index is 1.07. The molecule has 1 heterocycles. The third kappa shape index (κ3) is 4.67. The van der Waals surface area contributed by atoms with E-state index in [1.807, 2.05) is 11.6 Å². The highest BCUT2D eigenvalue weighted by molar-refractivity contribution is 7.13. The first kappa shape index (κ1) is 14.1. The molecule has 0 fully saturated rings. The molecular formula is C16H22N2S. The van der Waals surface area contributed by atoms with E-state index in [1.165, 1.54) is 43.4 Å². The highest BCUT2D eigenvalue weighted by Gasteiger charge is 1.99. The lowest BCUT2D eigenvalue weighted by molar-refractivity contribution is 0.645. The standard InChI is InChI=1S/C16H22N2S/c1-2-3-4-5-6-11-17-15-9-7-14(8-10-15)16-18-12-13-19-16/h7-10,12-13,17H,2-6,11H2,1H3. The number of benzene rings is 1. The van der Waals surface area contributed by atoms with E-state index in [2.05, 4.69) is 41.5 Å². The predicted octanol–water partition coefficient (Wildman–Crippen LogP) is 5.19. The van der Waals surface area contributed by atoms with E-state index in [4.69, 9.17) is 0 Å². The molecule has 2 rings (SSSR count). The maximum Gasteiger partial charge on any atom is 0.123 e. The topological polar surface area (TPSA) is 24.9 Å². The third-order valence-electron chi connectivity index (χ3n) is 3.17. The molecule has 0 aliphatic heterocycles. The summed E-state index contributed by atoms with van der Waals surface area (Å²) in [6, 6.07) is 8.56. The van der Waals surface area contributed by atoms with Crippen LogP contribution in [0.1, 0.15) is 39.0 Å². The highest BCUT2D eigenvalue weighted by Crippen LogP contribution is 2.23. The average Bonchev–Trinajstić information content (AvgIpc) is 2.97. The van der Waals surface area contributed by atoms with Crippen LogP contribution in [0.25, 0.3) is 10.6 Å². The van der Waals surface area contributed by atoms with Crippen LogP contribution in [-0.4, -0.2) is 11.5 Å². The lowest BCUT2D eigenvalue weighted by Crippen LogP contribution is -2.01. The smallest absolute Gasteiger partial charge is 0.123 e. The van der Waals surface area contributed by atoms with Crippen molar-refractivity contribution in [1.29, 1.82) is 0 Å². The van der Waals surface area contributed by atoms with Crippen molar-refractivity contribution in [2.75, 3.05) is 11.9 Å². The molecule has 102 valence electrons. The highest BCUT2D eigenvalue weighted by atomic mass is 32.1. The van der Waals surface area contributed by atoms with Gasteiger partial charge in [0, 0.05) is 29.4 Å². The summed E-state index contributed by atoms with van der Waals surface area (Å²) in [7, 11) is 0. The quantitative estimate of drug-likeness (QED) is 0.670. The van der Waals surface area contributed by atoms with Crippen LogP contribution >= 0.6 is 11.3 Å². The minimum absolute atomic E-state index is 1.07. The lowest BCUT2D eigenvalue weighted by Gasteiger charge is -2.06. The number of rotatable bonds is 8. The molecule has 0 unspecified atom stereocenters. The number of aromatic nitrogens is 1. The van der Waals surface area contributed by atoms with Gasteiger partial charge in [0.1, 0.15) is 5.01 Å². The molecule has 1 aromatic heterocycles. The van der Waals surface area contributed by atoms with Crippen molar-refractivity contribution in [3.63, 3.8) is 0 Å². The number of hydrogen-bond acceptors (Lipinski definition) is 3. The molecule has 0 radical (unpaired) electrons. The van der Waals surface area contributed by atoms with E-state index < -0.39 is 0 Å². The van der Waals surface area contributed by atoms with Gasteiger partial charge in [-0.15, -0.1) is 11.3 Å². The molecule has 0 saturated carbocycles. The number of thiazole rings is 1. The summed E-state index contributed by atoms with van der Waals surface area (Å²) < 4.78 is 0. The second-order valence-electron chi connectivity index (χ2n) is 4.76. The van der Waals surface area contributed by atoms with Crippen molar-refractivity contribution >= 4 is 17.0 Å². The van der Waals surface area contributed by atoms with Crippen molar-refractivity contribution in [3.05, 3.63) is 35.8 Å². The average molecular weight is 274 g/mol. The van der Waals surface area contributed by atoms with Gasteiger partial charge in [-0.3, -0.25) is 0 Å². The maximum absolute atomic E-state index is 4.32. The predicted molar refractivity (Wildman–Crippen MR) is 84.8 cm³/mol. The number of nitrogens with one attached hydrogen (secondary N) is 1. The zero-order chi connectivity index (χ0) is 13.3. The van der Waals surface area contributed by atoms with Crippen LogP contribution in [0.5, 0.6) is 0 Å². The summed E-state index contributed by atoms with van der Waals surface area (Å²) in [5.41, 5.74) is 2.40. The van der Waals surface area contributed by atoms with Crippen molar-refractivity contribution in [1.82, 2.24) is 4.98 Å². The van der Waals surface area contributed by atoms with Gasteiger partial charge in [0.05, 0.1) is 0 Å². The second kappa shape index (κ2) is 7.95. The molecule has 0 bridgehead atoms. The largest absolute Gasteiger partial charge is 0.385 e. The number of unbranched alkanes of at least 4 members (excludes halogenated alkanes) is 4. The van der Waals surface area contributed by atoms with Crippen LogP contribution in [0.15, 0.2) is 35.8 Å². The number of hydrogen-bond donors (Lipinski definition) is 1. The molecule has 0 saturated heterocycles. The Kier molecular flexibility index (Phi) is 5.89. The van der Waals surface area contributed by atoms with Gasteiger partial charge in [-0.05, 0) is 30.7 Å². The van der Waals surface area contributed by atoms with Gasteiger partial charge in [-0.1, -0.05) is 32.6 Å². The van der Waals surface area contributed by atoms with E-state index >= 15 is 0 Å². The SMILES string of the molecule is CCCCCCCNc1ccc(-c2nccs2)cc1. The molecule has 19 heavy (non-hydrogen) atoms. The van der Waals surface area contributed by atoms with Crippen molar-refractivity contribution in [3.8, 4) is 10.6 Å². The zero-order valence-electron chi connectivity index (χ0n) is 11.6. The summed E-state index contributed by atoms with van der Waals surface area (Å²) in [5.74, 6) is 0. The summed E-state index contributed by atoms with van der Waals surface area (Å²) in [4.78, 5) is 4.32. The van der Waals surface area contributed by atoms with Gasteiger partial charge in [0.15, 0.2) is 0 Å². The number of nitrogens with zero attached hydrogens (tertiary/aromatic N) is 1. The molecule has 2 aromatic rings. The van der Waals surface area contributed by atoms with Crippen LogP contribution in [0.4, 0.5) is 5.69 Å². The molecule has 3 heteroatoms. The van der Waals surface area contributed by atoms with Gasteiger partial charge in [0.2, 0.25) is 0 Å². The Morgan fingerprint density at radius 2 is 1.84 bits per heavy atom. The van der Waals surface area contributed by atoms with Crippen LogP contribution in [0.2, 0.25) is 0 Å². The molecule has 0 aliphatic rings. The first-order chi connectivity index (χ1) is 9.40. The van der Waals surface area contributed by atoms with E-state index in [-0.39, 0.29) is 0 Å². The molecule has 0 aliphatic carbocycles. The summed E-state index contributed by atoms with van der Waals surface area (Å²) >= 11 is 1.68. The minimum Gasteiger partial charge on any atom is -0.385 e. The van der Waals surface area contributed by atoms with Crippen LogP contribution < -0.4 is 5.32 Å². The van der Waals surface area contributed by atoms with E-state index in [0.717, 1.165) is 11.6 Å². The van der Waals surface area contributed by atoms with Gasteiger partial charge in [0.25, 0.3) is 0 Å². The zero-order valence-corrected chi connectivity index (χ0v) is 12.4. The first-order valence-electron chi connectivity index (χ1n) is 7.14. The second-order valence-corrected chi connectivity index (χ2v) is 5.65. The van der Waals surface area contributed by atoms with Crippen molar-refractivity contribution in [2.45, 2.75) is 39.0 Å². The van der Waals surface area contributed by atoms with Crippen LogP contribution in [0, 0.1) is 0 Å². The van der Waals surface area contributed by atoms with Crippen LogP contribution in [0.3, 0.4) is 0 Å². The Balaban J connectivity index is 1.73. The molecule has 0 amide bonds. The summed E-state index contributed by atoms with van der Waals surface area (Å²) in [6.07, 6.45) is 8.48. The Labute approximate surface area is 119 Å².